The first-order valence-electron chi connectivity index (χ1n) is 13.0. The lowest BCUT2D eigenvalue weighted by Gasteiger charge is -2.24. The largest absolute Gasteiger partial charge is 0.355 e. The van der Waals surface area contributed by atoms with Gasteiger partial charge in [-0.3, -0.25) is 9.78 Å². The molecule has 3 heterocycles. The van der Waals surface area contributed by atoms with E-state index in [2.05, 4.69) is 42.2 Å². The van der Waals surface area contributed by atoms with Gasteiger partial charge in [0, 0.05) is 54.8 Å². The van der Waals surface area contributed by atoms with Gasteiger partial charge < -0.3 is 15.1 Å². The monoisotopic (exact) mass is 550 g/mol. The molecular weight excluding hydrogens is 520 g/mol. The predicted octanol–water partition coefficient (Wildman–Crippen LogP) is 5.36. The maximum absolute atomic E-state index is 13.7. The van der Waals surface area contributed by atoms with E-state index in [0.717, 1.165) is 41.3 Å². The van der Waals surface area contributed by atoms with Crippen LogP contribution in [0.2, 0.25) is 0 Å². The molecule has 5 rings (SSSR count). The SMILES string of the molecule is CCN(CCN(C)C)c1cc(C(=O)Nc2ccccc2-c2nnc(-c3ccncc3)s2)nc(-c2ccccc2)n1. The van der Waals surface area contributed by atoms with Crippen LogP contribution in [-0.2, 0) is 0 Å². The lowest BCUT2D eigenvalue weighted by molar-refractivity contribution is 0.102. The van der Waals surface area contributed by atoms with E-state index in [4.69, 9.17) is 4.98 Å². The summed E-state index contributed by atoms with van der Waals surface area (Å²) in [5, 5.41) is 13.3. The molecule has 1 N–H and O–H groups in total. The number of nitrogens with zero attached hydrogens (tertiary/aromatic N) is 7. The molecule has 9 nitrogen and oxygen atoms in total. The van der Waals surface area contributed by atoms with Gasteiger partial charge in [-0.15, -0.1) is 10.2 Å². The second kappa shape index (κ2) is 12.5. The zero-order valence-corrected chi connectivity index (χ0v) is 23.5. The number of aromatic nitrogens is 5. The summed E-state index contributed by atoms with van der Waals surface area (Å²) in [5.41, 5.74) is 3.49. The lowest BCUT2D eigenvalue weighted by atomic mass is 10.1. The first kappa shape index (κ1) is 27.0. The van der Waals surface area contributed by atoms with E-state index in [1.165, 1.54) is 11.3 Å². The molecule has 202 valence electrons. The van der Waals surface area contributed by atoms with Crippen LogP contribution >= 0.6 is 11.3 Å². The van der Waals surface area contributed by atoms with E-state index in [0.29, 0.717) is 22.3 Å². The first-order valence-corrected chi connectivity index (χ1v) is 13.8. The number of likely N-dealkylation sites (N-methyl/N-ethyl adjacent to an activating group) is 2. The molecule has 40 heavy (non-hydrogen) atoms. The van der Waals surface area contributed by atoms with Gasteiger partial charge in [0.25, 0.3) is 5.91 Å². The Morgan fingerprint density at radius 1 is 0.850 bits per heavy atom. The third kappa shape index (κ3) is 6.36. The van der Waals surface area contributed by atoms with Crippen LogP contribution < -0.4 is 10.2 Å². The van der Waals surface area contributed by atoms with Crippen molar-refractivity contribution in [3.63, 3.8) is 0 Å². The molecule has 0 aliphatic carbocycles. The number of rotatable bonds is 10. The topological polar surface area (TPSA) is 100 Å². The maximum Gasteiger partial charge on any atom is 0.274 e. The van der Waals surface area contributed by atoms with Gasteiger partial charge in [0.2, 0.25) is 0 Å². The Morgan fingerprint density at radius 3 is 2.33 bits per heavy atom. The molecule has 0 radical (unpaired) electrons. The molecule has 1 amide bonds. The van der Waals surface area contributed by atoms with Gasteiger partial charge in [-0.25, -0.2) is 9.97 Å². The molecule has 2 aromatic carbocycles. The molecule has 5 aromatic rings. The van der Waals surface area contributed by atoms with Gasteiger partial charge in [-0.05, 0) is 45.3 Å². The molecule has 10 heteroatoms. The summed E-state index contributed by atoms with van der Waals surface area (Å²) < 4.78 is 0. The Morgan fingerprint density at radius 2 is 1.57 bits per heavy atom. The Bertz CT molecular complexity index is 1570. The van der Waals surface area contributed by atoms with Crippen LogP contribution in [0.25, 0.3) is 32.5 Å². The van der Waals surface area contributed by atoms with Gasteiger partial charge in [0.05, 0.1) is 5.69 Å². The highest BCUT2D eigenvalue weighted by atomic mass is 32.1. The fourth-order valence-electron chi connectivity index (χ4n) is 4.09. The average molecular weight is 551 g/mol. The molecule has 0 atom stereocenters. The van der Waals surface area contributed by atoms with Crippen LogP contribution in [0.1, 0.15) is 17.4 Å². The molecule has 0 saturated heterocycles. The van der Waals surface area contributed by atoms with Crippen LogP contribution in [0.4, 0.5) is 11.5 Å². The van der Waals surface area contributed by atoms with E-state index in [1.807, 2.05) is 80.8 Å². The van der Waals surface area contributed by atoms with Crippen LogP contribution in [0.3, 0.4) is 0 Å². The highest BCUT2D eigenvalue weighted by Crippen LogP contribution is 2.34. The van der Waals surface area contributed by atoms with Crippen LogP contribution in [0.15, 0.2) is 85.2 Å². The minimum absolute atomic E-state index is 0.289. The Balaban J connectivity index is 1.47. The van der Waals surface area contributed by atoms with Crippen LogP contribution in [0, 0.1) is 0 Å². The third-order valence-corrected chi connectivity index (χ3v) is 7.26. The quantitative estimate of drug-likeness (QED) is 0.248. The minimum Gasteiger partial charge on any atom is -0.355 e. The number of hydrogen-bond acceptors (Lipinski definition) is 9. The van der Waals surface area contributed by atoms with Gasteiger partial charge in [0.1, 0.15) is 21.5 Å². The maximum atomic E-state index is 13.7. The number of pyridine rings is 1. The van der Waals surface area contributed by atoms with E-state index in [1.54, 1.807) is 18.5 Å². The summed E-state index contributed by atoms with van der Waals surface area (Å²) in [7, 11) is 4.08. The summed E-state index contributed by atoms with van der Waals surface area (Å²) in [4.78, 5) is 31.5. The van der Waals surface area contributed by atoms with E-state index in [9.17, 15) is 4.79 Å². The number of carbonyl (C=O) groups excluding carboxylic acids is 1. The number of benzene rings is 2. The third-order valence-electron chi connectivity index (χ3n) is 6.26. The van der Waals surface area contributed by atoms with Crippen molar-refractivity contribution < 1.29 is 4.79 Å². The van der Waals surface area contributed by atoms with Crippen LogP contribution in [-0.4, -0.2) is 69.7 Å². The van der Waals surface area contributed by atoms with Gasteiger partial charge in [0.15, 0.2) is 5.82 Å². The predicted molar refractivity (Wildman–Crippen MR) is 160 cm³/mol. The average Bonchev–Trinajstić information content (AvgIpc) is 3.49. The number of nitrogens with one attached hydrogen (secondary N) is 1. The summed E-state index contributed by atoms with van der Waals surface area (Å²) in [6, 6.07) is 22.8. The number of para-hydroxylation sites is 1. The van der Waals surface area contributed by atoms with Crippen molar-refractivity contribution in [2.75, 3.05) is 43.9 Å². The summed E-state index contributed by atoms with van der Waals surface area (Å²) in [6.45, 7) is 4.46. The Labute approximate surface area is 237 Å². The molecule has 0 spiro atoms. The fourth-order valence-corrected chi connectivity index (χ4v) is 4.98. The molecule has 0 saturated carbocycles. The van der Waals surface area contributed by atoms with Crippen LogP contribution in [0.5, 0.6) is 0 Å². The molecule has 0 unspecified atom stereocenters. The highest BCUT2D eigenvalue weighted by Gasteiger charge is 2.19. The lowest BCUT2D eigenvalue weighted by Crippen LogP contribution is -2.32. The molecular formula is C30H30N8OS. The molecule has 0 aliphatic rings. The van der Waals surface area contributed by atoms with Gasteiger partial charge >= 0.3 is 0 Å². The van der Waals surface area contributed by atoms with E-state index < -0.39 is 0 Å². The second-order valence-electron chi connectivity index (χ2n) is 9.33. The smallest absolute Gasteiger partial charge is 0.274 e. The number of hydrogen-bond donors (Lipinski definition) is 1. The molecule has 0 bridgehead atoms. The first-order chi connectivity index (χ1) is 19.5. The van der Waals surface area contributed by atoms with Crippen molar-refractivity contribution in [3.05, 3.63) is 90.9 Å². The van der Waals surface area contributed by atoms with Crippen molar-refractivity contribution >= 4 is 28.7 Å². The van der Waals surface area contributed by atoms with Crippen molar-refractivity contribution in [2.24, 2.45) is 0 Å². The van der Waals surface area contributed by atoms with Crippen molar-refractivity contribution in [1.82, 2.24) is 30.0 Å². The standard InChI is InChI=1S/C30H30N8OS/c1-4-38(19-18-37(2)3)26-20-25(32-27(34-26)21-10-6-5-7-11-21)28(39)33-24-13-9-8-12-23(24)30-36-35-29(40-30)22-14-16-31-17-15-22/h5-17,20H,4,18-19H2,1-3H3,(H,33,39). The Hall–Kier alpha value is -4.54. The van der Waals surface area contributed by atoms with Gasteiger partial charge in [-0.2, -0.15) is 0 Å². The van der Waals surface area contributed by atoms with Crippen molar-refractivity contribution in [3.8, 4) is 32.5 Å². The summed E-state index contributed by atoms with van der Waals surface area (Å²) in [5.74, 6) is 0.893. The normalized spacial score (nSPS) is 11.0. The van der Waals surface area contributed by atoms with Crippen molar-refractivity contribution in [2.45, 2.75) is 6.92 Å². The summed E-state index contributed by atoms with van der Waals surface area (Å²) >= 11 is 1.46. The van der Waals surface area contributed by atoms with Crippen molar-refractivity contribution in [1.29, 1.82) is 0 Å². The number of carbonyl (C=O) groups is 1. The number of amides is 1. The van der Waals surface area contributed by atoms with E-state index in [-0.39, 0.29) is 11.6 Å². The zero-order chi connectivity index (χ0) is 27.9. The van der Waals surface area contributed by atoms with E-state index >= 15 is 0 Å². The molecule has 0 aliphatic heterocycles. The summed E-state index contributed by atoms with van der Waals surface area (Å²) in [6.07, 6.45) is 3.45. The fraction of sp³-hybridized carbons (Fsp3) is 0.200. The van der Waals surface area contributed by atoms with Gasteiger partial charge in [-0.1, -0.05) is 53.8 Å². The number of anilines is 2. The molecule has 0 fully saturated rings. The highest BCUT2D eigenvalue weighted by molar-refractivity contribution is 7.18. The zero-order valence-electron chi connectivity index (χ0n) is 22.7. The Kier molecular flexibility index (Phi) is 8.48. The molecule has 3 aromatic heterocycles. The second-order valence-corrected chi connectivity index (χ2v) is 10.3. The minimum atomic E-state index is -0.323.